The van der Waals surface area contributed by atoms with Crippen LogP contribution in [0.1, 0.15) is 211 Å². The van der Waals surface area contributed by atoms with Crippen LogP contribution >= 0.6 is 16.5 Å². The highest BCUT2D eigenvalue weighted by molar-refractivity contribution is 7.32. The molecule has 0 fully saturated rings. The van der Waals surface area contributed by atoms with Crippen molar-refractivity contribution in [3.05, 3.63) is 93.0 Å². The Kier molecular flexibility index (Phi) is 15.0. The standard InChI is InChI=1S/C60H89NO6P2/c1-53(2,3)37-29-41-42-30-38(54(4,5)6)34-46(58(16,17)18)50(42)65-68(64-49(41)45(33-37)57(13,14)15)62-27-25-61-26-28-63-69-66-51-43(31-39(55(7,8)9)35-47(51)59(19,20)21)44-32-40(56(10,11)12)36-48(52(44)67-69)60(22,23)24/h29-36,61H,25-28H2,1-24H3. The van der Waals surface area contributed by atoms with E-state index >= 15 is 0 Å². The second-order valence-corrected chi connectivity index (χ2v) is 30.0. The van der Waals surface area contributed by atoms with Crippen molar-refractivity contribution in [2.75, 3.05) is 26.3 Å². The van der Waals surface area contributed by atoms with Crippen molar-refractivity contribution in [3.8, 4) is 0 Å². The zero-order chi connectivity index (χ0) is 51.8. The third kappa shape index (κ3) is 12.4. The Balaban J connectivity index is 1.38. The fourth-order valence-electron chi connectivity index (χ4n) is 8.62. The summed E-state index contributed by atoms with van der Waals surface area (Å²) < 4.78 is 41.2. The van der Waals surface area contributed by atoms with E-state index in [-0.39, 0.29) is 43.3 Å². The van der Waals surface area contributed by atoms with Crippen LogP contribution in [0.25, 0.3) is 43.9 Å². The van der Waals surface area contributed by atoms with E-state index in [2.05, 4.69) is 220 Å². The third-order valence-corrected chi connectivity index (χ3v) is 15.4. The predicted octanol–water partition coefficient (Wildman–Crippen LogP) is 18.4. The molecule has 2 heterocycles. The molecular formula is C60H89NO6P2. The van der Waals surface area contributed by atoms with Crippen molar-refractivity contribution in [1.29, 1.82) is 0 Å². The summed E-state index contributed by atoms with van der Waals surface area (Å²) in [7, 11) is -3.63. The Hall–Kier alpha value is -3.44. The van der Waals surface area contributed by atoms with Crippen molar-refractivity contribution in [2.45, 2.75) is 209 Å². The molecule has 2 aromatic heterocycles. The van der Waals surface area contributed by atoms with Gasteiger partial charge in [0.25, 0.3) is 0 Å². The lowest BCUT2D eigenvalue weighted by Crippen LogP contribution is -2.25. The van der Waals surface area contributed by atoms with Gasteiger partial charge in [0.2, 0.25) is 0 Å². The van der Waals surface area contributed by atoms with E-state index in [1.807, 2.05) is 0 Å². The monoisotopic (exact) mass is 982 g/mol. The Morgan fingerprint density at radius 3 is 0.696 bits per heavy atom. The van der Waals surface area contributed by atoms with Crippen LogP contribution in [0.4, 0.5) is 0 Å². The average Bonchev–Trinajstić information content (AvgIpc) is 3.43. The van der Waals surface area contributed by atoms with Gasteiger partial charge in [-0.3, -0.25) is 9.05 Å². The molecule has 69 heavy (non-hydrogen) atoms. The predicted molar refractivity (Wildman–Crippen MR) is 298 cm³/mol. The lowest BCUT2D eigenvalue weighted by atomic mass is 9.77. The quantitative estimate of drug-likeness (QED) is 0.152. The third-order valence-electron chi connectivity index (χ3n) is 13.2. The van der Waals surface area contributed by atoms with Crippen LogP contribution < -0.4 is 14.4 Å². The maximum Gasteiger partial charge on any atom is 0.387 e. The second kappa shape index (κ2) is 18.9. The van der Waals surface area contributed by atoms with Crippen molar-refractivity contribution >= 4 is 60.4 Å². The summed E-state index contributed by atoms with van der Waals surface area (Å²) in [4.78, 5) is 0. The number of hydrogen-bond donors (Lipinski definition) is 1. The lowest BCUT2D eigenvalue weighted by molar-refractivity contribution is 0.340. The molecule has 1 N–H and O–H groups in total. The highest BCUT2D eigenvalue weighted by atomic mass is 31.1. The molecule has 0 radical (unpaired) electrons. The summed E-state index contributed by atoms with van der Waals surface area (Å²) >= 11 is 0. The molecule has 6 rings (SSSR count). The highest BCUT2D eigenvalue weighted by Crippen LogP contribution is 2.47. The molecule has 4 aromatic carbocycles. The van der Waals surface area contributed by atoms with Crippen LogP contribution in [0.3, 0.4) is 0 Å². The summed E-state index contributed by atoms with van der Waals surface area (Å²) in [5.74, 6) is 0. The summed E-state index contributed by atoms with van der Waals surface area (Å²) in [5, 5.41) is 7.81. The second-order valence-electron chi connectivity index (χ2n) is 27.8. The first-order valence-electron chi connectivity index (χ1n) is 25.3. The van der Waals surface area contributed by atoms with Gasteiger partial charge in [0, 0.05) is 56.9 Å². The summed E-state index contributed by atoms with van der Waals surface area (Å²) in [5.41, 5.74) is 11.9. The molecule has 0 unspecified atom stereocenters. The summed E-state index contributed by atoms with van der Waals surface area (Å²) in [6.07, 6.45) is 0. The number of benzene rings is 4. The molecule has 380 valence electrons. The number of nitrogens with one attached hydrogen (secondary N) is 1. The van der Waals surface area contributed by atoms with Crippen LogP contribution in [-0.4, -0.2) is 26.3 Å². The number of fused-ring (bicyclic) bond motifs is 6. The Bertz CT molecular complexity index is 2540. The molecule has 0 saturated carbocycles. The van der Waals surface area contributed by atoms with E-state index in [1.54, 1.807) is 0 Å². The minimum absolute atomic E-state index is 0.0743. The van der Waals surface area contributed by atoms with Gasteiger partial charge in [-0.05, 0) is 89.8 Å². The van der Waals surface area contributed by atoms with E-state index in [9.17, 15) is 0 Å². The Morgan fingerprint density at radius 2 is 0.522 bits per heavy atom. The highest BCUT2D eigenvalue weighted by Gasteiger charge is 2.31. The van der Waals surface area contributed by atoms with Gasteiger partial charge in [-0.15, -0.1) is 0 Å². The van der Waals surface area contributed by atoms with E-state index in [1.165, 1.54) is 22.3 Å². The summed E-state index contributed by atoms with van der Waals surface area (Å²) in [6, 6.07) is 18.6. The molecule has 0 spiro atoms. The van der Waals surface area contributed by atoms with Crippen LogP contribution in [0.5, 0.6) is 0 Å². The van der Waals surface area contributed by atoms with Gasteiger partial charge in [0.05, 0.1) is 13.2 Å². The first-order chi connectivity index (χ1) is 31.3. The van der Waals surface area contributed by atoms with Gasteiger partial charge in [-0.25, -0.2) is 0 Å². The Labute approximate surface area is 418 Å². The minimum Gasteiger partial charge on any atom is -0.399 e. The number of hydrogen-bond acceptors (Lipinski definition) is 7. The van der Waals surface area contributed by atoms with Crippen LogP contribution in [-0.2, 0) is 43.3 Å². The maximum atomic E-state index is 6.99. The summed E-state index contributed by atoms with van der Waals surface area (Å²) in [6.45, 7) is 56.4. The van der Waals surface area contributed by atoms with Crippen LogP contribution in [0, 0.1) is 0 Å². The molecule has 0 aliphatic carbocycles. The van der Waals surface area contributed by atoms with Crippen molar-refractivity contribution in [1.82, 2.24) is 5.32 Å². The van der Waals surface area contributed by atoms with Gasteiger partial charge >= 0.3 is 16.5 Å². The van der Waals surface area contributed by atoms with E-state index in [0.29, 0.717) is 26.3 Å². The average molecular weight is 982 g/mol. The van der Waals surface area contributed by atoms with Crippen LogP contribution in [0.15, 0.2) is 65.3 Å². The van der Waals surface area contributed by atoms with Crippen molar-refractivity contribution in [2.24, 2.45) is 0 Å². The van der Waals surface area contributed by atoms with Gasteiger partial charge in [-0.1, -0.05) is 190 Å². The van der Waals surface area contributed by atoms with Crippen molar-refractivity contribution in [3.63, 3.8) is 0 Å². The zero-order valence-corrected chi connectivity index (χ0v) is 49.1. The maximum absolute atomic E-state index is 6.99. The van der Waals surface area contributed by atoms with E-state index in [4.69, 9.17) is 25.8 Å². The minimum atomic E-state index is -1.81. The molecule has 0 saturated heterocycles. The fourth-order valence-corrected chi connectivity index (χ4v) is 10.8. The van der Waals surface area contributed by atoms with E-state index in [0.717, 1.165) is 66.1 Å². The van der Waals surface area contributed by atoms with Crippen molar-refractivity contribution < 1.29 is 25.8 Å². The molecule has 7 nitrogen and oxygen atoms in total. The molecule has 0 aliphatic heterocycles. The SMILES string of the molecule is CC(C)(C)c1cc(C(C)(C)C)c2op(OCCNCCOp3oc4c(C(C)(C)C)cc(C(C)(C)C)cc4c4cc(C(C)(C)C)cc(C(C)(C)C)c4o3)oc3c(C(C)(C)C)cc(C(C)(C)C)cc3c2c1. The molecule has 6 aromatic rings. The number of rotatable bonds is 8. The van der Waals surface area contributed by atoms with E-state index < -0.39 is 16.5 Å². The molecular weight excluding hydrogens is 893 g/mol. The topological polar surface area (TPSA) is 83.0 Å². The Morgan fingerprint density at radius 1 is 0.319 bits per heavy atom. The lowest BCUT2D eigenvalue weighted by Gasteiger charge is -2.27. The van der Waals surface area contributed by atoms with Gasteiger partial charge in [0.15, 0.2) is 0 Å². The molecule has 0 atom stereocenters. The zero-order valence-electron chi connectivity index (χ0n) is 47.3. The molecule has 0 aliphatic rings. The molecule has 0 amide bonds. The smallest absolute Gasteiger partial charge is 0.387 e. The first kappa shape index (κ1) is 54.9. The first-order valence-corrected chi connectivity index (χ1v) is 27.5. The van der Waals surface area contributed by atoms with Gasteiger partial charge in [0.1, 0.15) is 22.3 Å². The van der Waals surface area contributed by atoms with Crippen LogP contribution in [0.2, 0.25) is 0 Å². The van der Waals surface area contributed by atoms with Gasteiger partial charge in [-0.2, -0.15) is 0 Å². The van der Waals surface area contributed by atoms with Gasteiger partial charge < -0.3 is 22.1 Å². The molecule has 9 heteroatoms. The fraction of sp³-hybridized carbons (Fsp3) is 0.600. The largest absolute Gasteiger partial charge is 0.399 e. The normalized spacial score (nSPS) is 13.9. The molecule has 0 bridgehead atoms.